The van der Waals surface area contributed by atoms with E-state index in [1.165, 1.54) is 5.56 Å². The van der Waals surface area contributed by atoms with E-state index in [-0.39, 0.29) is 0 Å². The van der Waals surface area contributed by atoms with Crippen LogP contribution in [0.25, 0.3) is 0 Å². The second-order valence-corrected chi connectivity index (χ2v) is 5.13. The van der Waals surface area contributed by atoms with Gasteiger partial charge in [0, 0.05) is 37.6 Å². The van der Waals surface area contributed by atoms with Gasteiger partial charge in [-0.05, 0) is 32.7 Å². The number of nitrogens with one attached hydrogen (secondary N) is 1. The Kier molecular flexibility index (Phi) is 6.98. The zero-order valence-electron chi connectivity index (χ0n) is 12.1. The molecule has 1 aromatic rings. The van der Waals surface area contributed by atoms with Gasteiger partial charge in [-0.15, -0.1) is 0 Å². The smallest absolute Gasteiger partial charge is 0.0537 e. The van der Waals surface area contributed by atoms with E-state index in [9.17, 15) is 0 Å². The number of aromatic nitrogens is 2. The Labute approximate surface area is 111 Å². The van der Waals surface area contributed by atoms with Gasteiger partial charge in [0.1, 0.15) is 0 Å². The first-order chi connectivity index (χ1) is 8.63. The lowest BCUT2D eigenvalue weighted by Crippen LogP contribution is -2.21. The maximum absolute atomic E-state index is 5.55. The van der Waals surface area contributed by atoms with Crippen LogP contribution in [-0.4, -0.2) is 29.5 Å². The molecule has 1 aromatic heterocycles. The average molecular weight is 253 g/mol. The Hall–Kier alpha value is -0.870. The van der Waals surface area contributed by atoms with Crippen LogP contribution >= 0.6 is 0 Å². The minimum atomic E-state index is 0.357. The fourth-order valence-electron chi connectivity index (χ4n) is 1.71. The fraction of sp³-hybridized carbons (Fsp3) is 0.786. The molecule has 0 bridgehead atoms. The van der Waals surface area contributed by atoms with Crippen molar-refractivity contribution in [3.05, 3.63) is 18.0 Å². The molecule has 0 aliphatic rings. The predicted octanol–water partition coefficient (Wildman–Crippen LogP) is 2.62. The highest BCUT2D eigenvalue weighted by atomic mass is 16.5. The molecule has 0 aromatic carbocycles. The van der Waals surface area contributed by atoms with Gasteiger partial charge in [-0.1, -0.05) is 13.8 Å². The Bertz CT molecular complexity index is 323. The van der Waals surface area contributed by atoms with Gasteiger partial charge in [-0.2, -0.15) is 5.10 Å². The molecule has 0 spiro atoms. The highest BCUT2D eigenvalue weighted by Crippen LogP contribution is 2.10. The highest BCUT2D eigenvalue weighted by Gasteiger charge is 2.06. The summed E-state index contributed by atoms with van der Waals surface area (Å²) in [7, 11) is 0. The van der Waals surface area contributed by atoms with Crippen LogP contribution in [0.1, 0.15) is 45.7 Å². The van der Waals surface area contributed by atoms with Crippen LogP contribution < -0.4 is 5.32 Å². The second-order valence-electron chi connectivity index (χ2n) is 5.13. The van der Waals surface area contributed by atoms with Gasteiger partial charge < -0.3 is 10.1 Å². The average Bonchev–Trinajstić information content (AvgIpc) is 2.81. The fourth-order valence-corrected chi connectivity index (χ4v) is 1.71. The number of aryl methyl sites for hydroxylation is 1. The van der Waals surface area contributed by atoms with E-state index in [0.29, 0.717) is 12.0 Å². The van der Waals surface area contributed by atoms with Crippen molar-refractivity contribution in [1.29, 1.82) is 0 Å². The van der Waals surface area contributed by atoms with Gasteiger partial charge in [0.2, 0.25) is 0 Å². The highest BCUT2D eigenvalue weighted by molar-refractivity contribution is 5.08. The van der Waals surface area contributed by atoms with Gasteiger partial charge >= 0.3 is 0 Å². The van der Waals surface area contributed by atoms with Crippen molar-refractivity contribution in [3.63, 3.8) is 0 Å². The van der Waals surface area contributed by atoms with Crippen molar-refractivity contribution in [1.82, 2.24) is 15.1 Å². The lowest BCUT2D eigenvalue weighted by Gasteiger charge is -2.12. The summed E-state index contributed by atoms with van der Waals surface area (Å²) in [5.41, 5.74) is 1.25. The summed E-state index contributed by atoms with van der Waals surface area (Å²) in [6.45, 7) is 12.2. The van der Waals surface area contributed by atoms with Crippen LogP contribution in [-0.2, 0) is 11.3 Å². The number of hydrogen-bond acceptors (Lipinski definition) is 3. The molecule has 4 nitrogen and oxygen atoms in total. The molecular formula is C14H27N3O. The molecular weight excluding hydrogens is 226 g/mol. The van der Waals surface area contributed by atoms with Crippen molar-refractivity contribution >= 4 is 0 Å². The molecule has 104 valence electrons. The first-order valence-corrected chi connectivity index (χ1v) is 6.97. The largest absolute Gasteiger partial charge is 0.381 e. The number of nitrogens with zero attached hydrogens (tertiary/aromatic N) is 2. The Balaban J connectivity index is 2.11. The topological polar surface area (TPSA) is 39.1 Å². The summed E-state index contributed by atoms with van der Waals surface area (Å²) in [4.78, 5) is 0. The van der Waals surface area contributed by atoms with Crippen LogP contribution in [0, 0.1) is 5.92 Å². The van der Waals surface area contributed by atoms with E-state index < -0.39 is 0 Å². The van der Waals surface area contributed by atoms with E-state index >= 15 is 0 Å². The molecule has 1 N–H and O–H groups in total. The summed E-state index contributed by atoms with van der Waals surface area (Å²) in [6.07, 6.45) is 5.10. The Morgan fingerprint density at radius 2 is 2.17 bits per heavy atom. The SMILES string of the molecule is CCn1cc(C(C)NCCCOCC(C)C)cn1. The van der Waals surface area contributed by atoms with E-state index in [1.54, 1.807) is 0 Å². The molecule has 0 aliphatic carbocycles. The van der Waals surface area contributed by atoms with Crippen LogP contribution in [0.4, 0.5) is 0 Å². The lowest BCUT2D eigenvalue weighted by atomic mass is 10.2. The van der Waals surface area contributed by atoms with E-state index in [1.807, 2.05) is 10.9 Å². The minimum Gasteiger partial charge on any atom is -0.381 e. The second kappa shape index (κ2) is 8.27. The summed E-state index contributed by atoms with van der Waals surface area (Å²) in [5.74, 6) is 0.622. The minimum absolute atomic E-state index is 0.357. The molecule has 1 atom stereocenters. The third-order valence-electron chi connectivity index (χ3n) is 2.84. The van der Waals surface area contributed by atoms with Crippen LogP contribution in [0.3, 0.4) is 0 Å². The van der Waals surface area contributed by atoms with E-state index in [2.05, 4.69) is 44.3 Å². The van der Waals surface area contributed by atoms with Gasteiger partial charge in [0.05, 0.1) is 6.20 Å². The van der Waals surface area contributed by atoms with Gasteiger partial charge in [-0.3, -0.25) is 4.68 Å². The van der Waals surface area contributed by atoms with Gasteiger partial charge in [0.15, 0.2) is 0 Å². The zero-order chi connectivity index (χ0) is 13.4. The molecule has 0 radical (unpaired) electrons. The Morgan fingerprint density at radius 3 is 2.78 bits per heavy atom. The van der Waals surface area contributed by atoms with E-state index in [4.69, 9.17) is 4.74 Å². The molecule has 0 amide bonds. The maximum Gasteiger partial charge on any atom is 0.0537 e. The zero-order valence-corrected chi connectivity index (χ0v) is 12.1. The lowest BCUT2D eigenvalue weighted by molar-refractivity contribution is 0.107. The summed E-state index contributed by atoms with van der Waals surface area (Å²) >= 11 is 0. The summed E-state index contributed by atoms with van der Waals surface area (Å²) < 4.78 is 7.51. The maximum atomic E-state index is 5.55. The molecule has 1 rings (SSSR count). The normalized spacial score (nSPS) is 13.2. The molecule has 0 saturated heterocycles. The molecule has 0 fully saturated rings. The van der Waals surface area contributed by atoms with Crippen LogP contribution in [0.5, 0.6) is 0 Å². The number of ether oxygens (including phenoxy) is 1. The molecule has 1 heterocycles. The Morgan fingerprint density at radius 1 is 1.39 bits per heavy atom. The monoisotopic (exact) mass is 253 g/mol. The van der Waals surface area contributed by atoms with Crippen LogP contribution in [0.2, 0.25) is 0 Å². The first kappa shape index (κ1) is 15.2. The quantitative estimate of drug-likeness (QED) is 0.688. The first-order valence-electron chi connectivity index (χ1n) is 6.97. The van der Waals surface area contributed by atoms with Crippen molar-refractivity contribution in [2.75, 3.05) is 19.8 Å². The van der Waals surface area contributed by atoms with Crippen LogP contribution in [0.15, 0.2) is 12.4 Å². The van der Waals surface area contributed by atoms with Gasteiger partial charge in [-0.25, -0.2) is 0 Å². The van der Waals surface area contributed by atoms with E-state index in [0.717, 1.165) is 32.7 Å². The van der Waals surface area contributed by atoms with Crippen molar-refractivity contribution in [3.8, 4) is 0 Å². The standard InChI is InChI=1S/C14H27N3O/c1-5-17-10-14(9-16-17)13(4)15-7-6-8-18-11-12(2)3/h9-10,12-13,15H,5-8,11H2,1-4H3. The van der Waals surface area contributed by atoms with Crippen molar-refractivity contribution < 1.29 is 4.74 Å². The molecule has 1 unspecified atom stereocenters. The molecule has 0 saturated carbocycles. The third kappa shape index (κ3) is 5.65. The number of rotatable bonds is 9. The molecule has 4 heteroatoms. The third-order valence-corrected chi connectivity index (χ3v) is 2.84. The predicted molar refractivity (Wildman–Crippen MR) is 74.6 cm³/mol. The summed E-state index contributed by atoms with van der Waals surface area (Å²) in [5, 5.41) is 7.78. The summed E-state index contributed by atoms with van der Waals surface area (Å²) in [6, 6.07) is 0.357. The van der Waals surface area contributed by atoms with Gasteiger partial charge in [0.25, 0.3) is 0 Å². The van der Waals surface area contributed by atoms with Crippen molar-refractivity contribution in [2.45, 2.75) is 46.7 Å². The van der Waals surface area contributed by atoms with Crippen molar-refractivity contribution in [2.24, 2.45) is 5.92 Å². The molecule has 0 aliphatic heterocycles. The molecule has 18 heavy (non-hydrogen) atoms. The number of hydrogen-bond donors (Lipinski definition) is 1.